The van der Waals surface area contributed by atoms with Gasteiger partial charge in [0.05, 0.1) is 38.9 Å². The van der Waals surface area contributed by atoms with Crippen molar-refractivity contribution in [3.63, 3.8) is 0 Å². The lowest BCUT2D eigenvalue weighted by Crippen LogP contribution is -2.15. The van der Waals surface area contributed by atoms with Gasteiger partial charge in [-0.1, -0.05) is 17.7 Å². The molecule has 9 nitrogen and oxygen atoms in total. The van der Waals surface area contributed by atoms with E-state index in [0.717, 1.165) is 16.9 Å². The monoisotopic (exact) mass is 532 g/mol. The Balaban J connectivity index is 1.98. The molecule has 0 atom stereocenters. The Morgan fingerprint density at radius 2 is 1.50 bits per heavy atom. The third-order valence-corrected chi connectivity index (χ3v) is 6.94. The first-order valence-electron chi connectivity index (χ1n) is 10.6. The Hall–Kier alpha value is -3.76. The van der Waals surface area contributed by atoms with Gasteiger partial charge in [-0.05, 0) is 49.2 Å². The van der Waals surface area contributed by atoms with Crippen molar-refractivity contribution in [2.24, 2.45) is 0 Å². The normalized spacial score (nSPS) is 10.4. The molecular weight excluding hydrogens is 508 g/mol. The van der Waals surface area contributed by atoms with Gasteiger partial charge in [-0.3, -0.25) is 9.59 Å². The van der Waals surface area contributed by atoms with Gasteiger partial charge in [-0.25, -0.2) is 4.79 Å². The van der Waals surface area contributed by atoms with Gasteiger partial charge in [0.25, 0.3) is 11.8 Å². The number of hydrogen-bond donors (Lipinski definition) is 2. The SMILES string of the molecule is COC(=O)c1c(NC(=O)c2cc(OC)c(OC)c(OC)c2)sc(C(=O)Nc2ccc(C)c(Cl)c2)c1C. The van der Waals surface area contributed by atoms with Crippen LogP contribution in [-0.4, -0.2) is 46.2 Å². The van der Waals surface area contributed by atoms with Crippen LogP contribution in [0, 0.1) is 13.8 Å². The number of carbonyl (C=O) groups is 3. The van der Waals surface area contributed by atoms with E-state index in [1.54, 1.807) is 25.1 Å². The summed E-state index contributed by atoms with van der Waals surface area (Å²) in [5, 5.41) is 6.13. The zero-order chi connectivity index (χ0) is 26.6. The minimum absolute atomic E-state index is 0.0791. The van der Waals surface area contributed by atoms with Crippen LogP contribution in [0.15, 0.2) is 30.3 Å². The second kappa shape index (κ2) is 11.3. The number of benzene rings is 2. The second-order valence-corrected chi connectivity index (χ2v) is 8.97. The first kappa shape index (κ1) is 26.8. The Morgan fingerprint density at radius 3 is 2.03 bits per heavy atom. The summed E-state index contributed by atoms with van der Waals surface area (Å²) in [6, 6.07) is 8.08. The molecule has 0 bridgehead atoms. The number of carbonyl (C=O) groups excluding carboxylic acids is 3. The summed E-state index contributed by atoms with van der Waals surface area (Å²) < 4.78 is 20.8. The maximum absolute atomic E-state index is 13.1. The molecule has 3 aromatic rings. The highest BCUT2D eigenvalue weighted by atomic mass is 35.5. The van der Waals surface area contributed by atoms with Crippen molar-refractivity contribution in [1.82, 2.24) is 0 Å². The van der Waals surface area contributed by atoms with E-state index in [0.29, 0.717) is 22.0 Å². The zero-order valence-corrected chi connectivity index (χ0v) is 22.1. The average Bonchev–Trinajstić information content (AvgIpc) is 3.20. The fourth-order valence-electron chi connectivity index (χ4n) is 3.41. The number of hydrogen-bond acceptors (Lipinski definition) is 8. The van der Waals surface area contributed by atoms with Crippen LogP contribution >= 0.6 is 22.9 Å². The predicted octanol–water partition coefficient (Wildman–Crippen LogP) is 5.34. The van der Waals surface area contributed by atoms with Crippen LogP contribution < -0.4 is 24.8 Å². The van der Waals surface area contributed by atoms with Gasteiger partial charge >= 0.3 is 5.97 Å². The predicted molar refractivity (Wildman–Crippen MR) is 139 cm³/mol. The fourth-order valence-corrected chi connectivity index (χ4v) is 4.68. The zero-order valence-electron chi connectivity index (χ0n) is 20.5. The molecular formula is C25H25ClN2O7S. The lowest BCUT2D eigenvalue weighted by atomic mass is 10.1. The number of nitrogens with one attached hydrogen (secondary N) is 2. The molecule has 2 amide bonds. The largest absolute Gasteiger partial charge is 0.493 e. The highest BCUT2D eigenvalue weighted by molar-refractivity contribution is 7.19. The third kappa shape index (κ3) is 5.39. The number of aryl methyl sites for hydroxylation is 1. The molecule has 3 rings (SSSR count). The second-order valence-electron chi connectivity index (χ2n) is 7.54. The molecule has 1 heterocycles. The Bertz CT molecular complexity index is 1310. The summed E-state index contributed by atoms with van der Waals surface area (Å²) in [6.07, 6.45) is 0. The van der Waals surface area contributed by atoms with E-state index in [-0.39, 0.29) is 32.5 Å². The Morgan fingerprint density at radius 1 is 0.861 bits per heavy atom. The highest BCUT2D eigenvalue weighted by Gasteiger charge is 2.27. The first-order chi connectivity index (χ1) is 17.1. The molecule has 0 unspecified atom stereocenters. The molecule has 0 aliphatic heterocycles. The van der Waals surface area contributed by atoms with Crippen molar-refractivity contribution < 1.29 is 33.3 Å². The molecule has 2 aromatic carbocycles. The fraction of sp³-hybridized carbons (Fsp3) is 0.240. The minimum atomic E-state index is -0.693. The number of rotatable bonds is 8. The van der Waals surface area contributed by atoms with Crippen LogP contribution in [0.2, 0.25) is 5.02 Å². The summed E-state index contributed by atoms with van der Waals surface area (Å²) in [7, 11) is 5.54. The summed E-state index contributed by atoms with van der Waals surface area (Å²) in [6.45, 7) is 3.46. The van der Waals surface area contributed by atoms with Crippen molar-refractivity contribution in [3.8, 4) is 17.2 Å². The number of methoxy groups -OCH3 is 4. The van der Waals surface area contributed by atoms with Crippen LogP contribution in [0.3, 0.4) is 0 Å². The van der Waals surface area contributed by atoms with E-state index in [1.807, 2.05) is 6.92 Å². The molecule has 0 aliphatic carbocycles. The van der Waals surface area contributed by atoms with Gasteiger partial charge in [0.15, 0.2) is 11.5 Å². The topological polar surface area (TPSA) is 112 Å². The molecule has 11 heteroatoms. The molecule has 0 spiro atoms. The molecule has 0 aliphatic rings. The molecule has 0 fully saturated rings. The molecule has 0 saturated carbocycles. The van der Waals surface area contributed by atoms with E-state index in [4.69, 9.17) is 30.5 Å². The molecule has 0 saturated heterocycles. The summed E-state index contributed by atoms with van der Waals surface area (Å²) in [5.74, 6) is -0.812. The highest BCUT2D eigenvalue weighted by Crippen LogP contribution is 2.39. The quantitative estimate of drug-likeness (QED) is 0.377. The first-order valence-corrected chi connectivity index (χ1v) is 11.7. The van der Waals surface area contributed by atoms with Crippen LogP contribution in [0.5, 0.6) is 17.2 Å². The van der Waals surface area contributed by atoms with Crippen molar-refractivity contribution in [1.29, 1.82) is 0 Å². The van der Waals surface area contributed by atoms with Gasteiger partial charge < -0.3 is 29.6 Å². The summed E-state index contributed by atoms with van der Waals surface area (Å²) >= 11 is 7.11. The molecule has 36 heavy (non-hydrogen) atoms. The van der Waals surface area contributed by atoms with Crippen LogP contribution in [0.4, 0.5) is 10.7 Å². The van der Waals surface area contributed by atoms with E-state index in [9.17, 15) is 14.4 Å². The third-order valence-electron chi connectivity index (χ3n) is 5.33. The number of anilines is 2. The van der Waals surface area contributed by atoms with E-state index in [1.165, 1.54) is 40.6 Å². The van der Waals surface area contributed by atoms with Crippen molar-refractivity contribution >= 4 is 51.4 Å². The van der Waals surface area contributed by atoms with Crippen molar-refractivity contribution in [2.75, 3.05) is 39.1 Å². The lowest BCUT2D eigenvalue weighted by Gasteiger charge is -2.14. The van der Waals surface area contributed by atoms with Gasteiger partial charge in [0.1, 0.15) is 5.00 Å². The average molecular weight is 533 g/mol. The maximum atomic E-state index is 13.1. The number of amides is 2. The van der Waals surface area contributed by atoms with Crippen LogP contribution in [0.25, 0.3) is 0 Å². The molecule has 2 N–H and O–H groups in total. The summed E-state index contributed by atoms with van der Waals surface area (Å²) in [5.41, 5.74) is 1.99. The van der Waals surface area contributed by atoms with E-state index in [2.05, 4.69) is 10.6 Å². The number of ether oxygens (including phenoxy) is 4. The van der Waals surface area contributed by atoms with E-state index >= 15 is 0 Å². The van der Waals surface area contributed by atoms with E-state index < -0.39 is 17.8 Å². The molecule has 0 radical (unpaired) electrons. The number of thiophene rings is 1. The van der Waals surface area contributed by atoms with Crippen LogP contribution in [0.1, 0.15) is 41.5 Å². The van der Waals surface area contributed by atoms with Crippen molar-refractivity contribution in [2.45, 2.75) is 13.8 Å². The van der Waals surface area contributed by atoms with Gasteiger partial charge in [-0.15, -0.1) is 11.3 Å². The Kier molecular flexibility index (Phi) is 8.44. The minimum Gasteiger partial charge on any atom is -0.493 e. The van der Waals surface area contributed by atoms with Gasteiger partial charge in [-0.2, -0.15) is 0 Å². The molecule has 190 valence electrons. The van der Waals surface area contributed by atoms with Crippen molar-refractivity contribution in [3.05, 3.63) is 62.5 Å². The molecule has 1 aromatic heterocycles. The van der Waals surface area contributed by atoms with Gasteiger partial charge in [0, 0.05) is 16.3 Å². The smallest absolute Gasteiger partial charge is 0.341 e. The lowest BCUT2D eigenvalue weighted by molar-refractivity contribution is 0.0601. The maximum Gasteiger partial charge on any atom is 0.341 e. The van der Waals surface area contributed by atoms with Crippen LogP contribution in [-0.2, 0) is 4.74 Å². The Labute approximate surface area is 217 Å². The number of esters is 1. The standard InChI is InChI=1S/C25H25ClN2O7S/c1-12-7-8-15(11-16(12)26)27-23(30)21-13(2)19(25(31)35-6)24(36-21)28-22(29)14-9-17(32-3)20(34-5)18(10-14)33-4/h7-11H,1-6H3,(H,27,30)(H,28,29). The van der Waals surface area contributed by atoms with Gasteiger partial charge in [0.2, 0.25) is 5.75 Å². The number of halogens is 1. The summed E-state index contributed by atoms with van der Waals surface area (Å²) in [4.78, 5) is 39.0.